The number of phenols is 1. The highest BCUT2D eigenvalue weighted by Gasteiger charge is 2.10. The molecule has 0 aliphatic carbocycles. The largest absolute Gasteiger partial charge is 0.503 e. The van der Waals surface area contributed by atoms with Crippen LogP contribution >= 0.6 is 22.9 Å². The van der Waals surface area contributed by atoms with E-state index in [1.54, 1.807) is 26.4 Å². The van der Waals surface area contributed by atoms with Crippen LogP contribution in [-0.4, -0.2) is 31.4 Å². The molecule has 0 saturated heterocycles. The molecule has 3 aromatic rings. The van der Waals surface area contributed by atoms with Crippen molar-refractivity contribution in [2.75, 3.05) is 21.3 Å². The summed E-state index contributed by atoms with van der Waals surface area (Å²) < 4.78 is 16.7. The highest BCUT2D eigenvalue weighted by molar-refractivity contribution is 7.19. The summed E-state index contributed by atoms with van der Waals surface area (Å²) >= 11 is 7.54. The van der Waals surface area contributed by atoms with Crippen LogP contribution in [-0.2, 0) is 0 Å². The molecule has 0 aliphatic heterocycles. The lowest BCUT2D eigenvalue weighted by Gasteiger charge is -2.06. The van der Waals surface area contributed by atoms with Crippen LogP contribution in [0.5, 0.6) is 23.0 Å². The molecule has 0 unspecified atom stereocenters. The first kappa shape index (κ1) is 17.4. The Labute approximate surface area is 154 Å². The van der Waals surface area contributed by atoms with Crippen molar-refractivity contribution in [1.82, 2.24) is 4.98 Å². The van der Waals surface area contributed by atoms with Gasteiger partial charge in [-0.2, -0.15) is 0 Å². The fourth-order valence-corrected chi connectivity index (χ4v) is 3.46. The van der Waals surface area contributed by atoms with Crippen molar-refractivity contribution in [2.24, 2.45) is 0 Å². The van der Waals surface area contributed by atoms with Crippen molar-refractivity contribution in [3.8, 4) is 23.0 Å². The van der Waals surface area contributed by atoms with Gasteiger partial charge in [0, 0.05) is 12.1 Å². The number of aromatic nitrogens is 1. The van der Waals surface area contributed by atoms with Crippen LogP contribution < -0.4 is 14.2 Å². The Hall–Kier alpha value is -2.44. The van der Waals surface area contributed by atoms with Crippen molar-refractivity contribution in [1.29, 1.82) is 0 Å². The van der Waals surface area contributed by atoms with Crippen LogP contribution in [0, 0.1) is 0 Å². The van der Waals surface area contributed by atoms with E-state index in [2.05, 4.69) is 4.98 Å². The number of ether oxygens (including phenoxy) is 3. The summed E-state index contributed by atoms with van der Waals surface area (Å²) in [6.07, 6.45) is 3.74. The van der Waals surface area contributed by atoms with Gasteiger partial charge >= 0.3 is 0 Å². The number of hydrogen-bond acceptors (Lipinski definition) is 6. The third-order valence-electron chi connectivity index (χ3n) is 3.60. The highest BCUT2D eigenvalue weighted by Crippen LogP contribution is 2.37. The quantitative estimate of drug-likeness (QED) is 0.688. The van der Waals surface area contributed by atoms with Gasteiger partial charge in [0.2, 0.25) is 0 Å². The average Bonchev–Trinajstić information content (AvgIpc) is 3.02. The number of phenolic OH excluding ortho intramolecular Hbond substituents is 1. The summed E-state index contributed by atoms with van der Waals surface area (Å²) in [5, 5.41) is 10.8. The van der Waals surface area contributed by atoms with Gasteiger partial charge < -0.3 is 19.3 Å². The fraction of sp³-hybridized carbons (Fsp3) is 0.167. The van der Waals surface area contributed by atoms with Crippen LogP contribution in [0.15, 0.2) is 24.3 Å². The summed E-state index contributed by atoms with van der Waals surface area (Å²) in [5.74, 6) is 1.57. The van der Waals surface area contributed by atoms with Crippen LogP contribution in [0.4, 0.5) is 0 Å². The molecule has 25 heavy (non-hydrogen) atoms. The van der Waals surface area contributed by atoms with Gasteiger partial charge in [-0.25, -0.2) is 4.98 Å². The van der Waals surface area contributed by atoms with Gasteiger partial charge in [-0.15, -0.1) is 11.3 Å². The second-order valence-electron chi connectivity index (χ2n) is 5.11. The van der Waals surface area contributed by atoms with Crippen LogP contribution in [0.1, 0.15) is 10.6 Å². The molecule has 5 nitrogen and oxygen atoms in total. The zero-order valence-corrected chi connectivity index (χ0v) is 15.4. The monoisotopic (exact) mass is 377 g/mol. The number of halogens is 1. The predicted molar refractivity (Wildman–Crippen MR) is 101 cm³/mol. The SMILES string of the molecule is COc1cc2nc(C=Cc3cc(Cl)c(O)c(OC)c3)sc2cc1OC. The minimum atomic E-state index is -0.0690. The number of benzene rings is 2. The van der Waals surface area contributed by atoms with E-state index in [1.165, 1.54) is 18.4 Å². The Morgan fingerprint density at radius 3 is 2.32 bits per heavy atom. The van der Waals surface area contributed by atoms with E-state index >= 15 is 0 Å². The second-order valence-corrected chi connectivity index (χ2v) is 6.58. The minimum absolute atomic E-state index is 0.0690. The zero-order chi connectivity index (χ0) is 18.0. The van der Waals surface area contributed by atoms with Crippen LogP contribution in [0.2, 0.25) is 5.02 Å². The Morgan fingerprint density at radius 2 is 1.64 bits per heavy atom. The summed E-state index contributed by atoms with van der Waals surface area (Å²) in [4.78, 5) is 4.58. The van der Waals surface area contributed by atoms with E-state index in [0.717, 1.165) is 20.8 Å². The molecule has 7 heteroatoms. The lowest BCUT2D eigenvalue weighted by atomic mass is 10.2. The standard InChI is InChI=1S/C18H16ClNO4S/c1-22-13-8-12-16(9-14(13)23-2)25-17(20-12)5-4-10-6-11(19)18(21)15(7-10)24-3/h4-9,21H,1-3H3. The van der Waals surface area contributed by atoms with Gasteiger partial charge in [0.1, 0.15) is 5.01 Å². The Kier molecular flexibility index (Phi) is 5.01. The Balaban J connectivity index is 1.95. The van der Waals surface area contributed by atoms with E-state index < -0.39 is 0 Å². The normalized spacial score (nSPS) is 11.2. The number of fused-ring (bicyclic) bond motifs is 1. The number of rotatable bonds is 5. The molecule has 1 aromatic heterocycles. The number of thiazole rings is 1. The first-order chi connectivity index (χ1) is 12.0. The average molecular weight is 378 g/mol. The molecule has 0 fully saturated rings. The third-order valence-corrected chi connectivity index (χ3v) is 4.87. The van der Waals surface area contributed by atoms with Gasteiger partial charge in [0.05, 0.1) is 36.6 Å². The summed E-state index contributed by atoms with van der Waals surface area (Å²) in [6, 6.07) is 7.12. The number of methoxy groups -OCH3 is 3. The highest BCUT2D eigenvalue weighted by atomic mass is 35.5. The van der Waals surface area contributed by atoms with Gasteiger partial charge in [-0.3, -0.25) is 0 Å². The maximum atomic E-state index is 9.79. The summed E-state index contributed by atoms with van der Waals surface area (Å²) in [5.41, 5.74) is 1.64. The maximum Gasteiger partial charge on any atom is 0.176 e. The topological polar surface area (TPSA) is 60.8 Å². The third kappa shape index (κ3) is 3.50. The lowest BCUT2D eigenvalue weighted by molar-refractivity contribution is 0.356. The maximum absolute atomic E-state index is 9.79. The van der Waals surface area contributed by atoms with Crippen LogP contribution in [0.3, 0.4) is 0 Å². The van der Waals surface area contributed by atoms with E-state index in [-0.39, 0.29) is 10.8 Å². The molecular weight excluding hydrogens is 362 g/mol. The first-order valence-corrected chi connectivity index (χ1v) is 8.52. The second kappa shape index (κ2) is 7.21. The van der Waals surface area contributed by atoms with Crippen molar-refractivity contribution in [3.05, 3.63) is 39.9 Å². The van der Waals surface area contributed by atoms with Gasteiger partial charge in [0.15, 0.2) is 23.0 Å². The van der Waals surface area contributed by atoms with Gasteiger partial charge in [0.25, 0.3) is 0 Å². The van der Waals surface area contributed by atoms with Crippen molar-refractivity contribution in [2.45, 2.75) is 0 Å². The number of aromatic hydroxyl groups is 1. The molecule has 0 radical (unpaired) electrons. The Morgan fingerprint density at radius 1 is 0.960 bits per heavy atom. The zero-order valence-electron chi connectivity index (χ0n) is 13.9. The molecule has 1 heterocycles. The summed E-state index contributed by atoms with van der Waals surface area (Å²) in [6.45, 7) is 0. The van der Waals surface area contributed by atoms with Crippen molar-refractivity contribution >= 4 is 45.3 Å². The number of nitrogens with zero attached hydrogens (tertiary/aromatic N) is 1. The minimum Gasteiger partial charge on any atom is -0.503 e. The molecule has 0 aliphatic rings. The van der Waals surface area contributed by atoms with Crippen LogP contribution in [0.25, 0.3) is 22.4 Å². The molecule has 0 saturated carbocycles. The van der Waals surface area contributed by atoms with Crippen molar-refractivity contribution in [3.63, 3.8) is 0 Å². The van der Waals surface area contributed by atoms with E-state index in [0.29, 0.717) is 17.2 Å². The van der Waals surface area contributed by atoms with Gasteiger partial charge in [-0.1, -0.05) is 17.7 Å². The molecule has 2 aromatic carbocycles. The first-order valence-electron chi connectivity index (χ1n) is 7.33. The Bertz CT molecular complexity index is 911. The molecule has 0 spiro atoms. The fourth-order valence-electron chi connectivity index (χ4n) is 2.36. The molecule has 0 bridgehead atoms. The van der Waals surface area contributed by atoms with Gasteiger partial charge in [-0.05, 0) is 23.8 Å². The lowest BCUT2D eigenvalue weighted by Crippen LogP contribution is -1.89. The van der Waals surface area contributed by atoms with E-state index in [1.807, 2.05) is 24.3 Å². The number of hydrogen-bond donors (Lipinski definition) is 1. The van der Waals surface area contributed by atoms with Crippen molar-refractivity contribution < 1.29 is 19.3 Å². The molecular formula is C18H16ClNO4S. The molecule has 0 amide bonds. The van der Waals surface area contributed by atoms with E-state index in [4.69, 9.17) is 25.8 Å². The van der Waals surface area contributed by atoms with E-state index in [9.17, 15) is 5.11 Å². The molecule has 3 rings (SSSR count). The molecule has 0 atom stereocenters. The molecule has 130 valence electrons. The molecule has 1 N–H and O–H groups in total. The predicted octanol–water partition coefficient (Wildman–Crippen LogP) is 4.85. The summed E-state index contributed by atoms with van der Waals surface area (Å²) in [7, 11) is 4.68. The smallest absolute Gasteiger partial charge is 0.176 e.